The van der Waals surface area contributed by atoms with Crippen LogP contribution in [-0.4, -0.2) is 32.5 Å². The maximum absolute atomic E-state index is 13.3. The van der Waals surface area contributed by atoms with Crippen molar-refractivity contribution in [1.82, 2.24) is 20.0 Å². The molecule has 4 rings (SSSR count). The highest BCUT2D eigenvalue weighted by molar-refractivity contribution is 8.00. The predicted octanol–water partition coefficient (Wildman–Crippen LogP) is 5.50. The Labute approximate surface area is 199 Å². The van der Waals surface area contributed by atoms with Gasteiger partial charge in [-0.05, 0) is 48.7 Å². The van der Waals surface area contributed by atoms with Crippen molar-refractivity contribution in [2.45, 2.75) is 30.4 Å². The van der Waals surface area contributed by atoms with Crippen LogP contribution in [0, 0.1) is 12.7 Å². The highest BCUT2D eigenvalue weighted by atomic mass is 32.2. The zero-order valence-corrected chi connectivity index (χ0v) is 19.8. The fraction of sp³-hybridized carbons (Fsp3) is 0.217. The van der Waals surface area contributed by atoms with Crippen molar-refractivity contribution in [2.24, 2.45) is 0 Å². The lowest BCUT2D eigenvalue weighted by Crippen LogP contribution is -2.14. The first-order chi connectivity index (χ1) is 16.0. The third-order valence-electron chi connectivity index (χ3n) is 4.69. The maximum atomic E-state index is 13.3. The monoisotopic (exact) mass is 483 g/mol. The van der Waals surface area contributed by atoms with Gasteiger partial charge in [0.25, 0.3) is 5.91 Å². The molecule has 2 aromatic carbocycles. The number of aryl methyl sites for hydroxylation is 1. The normalized spacial score (nSPS) is 10.9. The molecule has 0 aliphatic rings. The zero-order valence-electron chi connectivity index (χ0n) is 18.1. The molecule has 33 heavy (non-hydrogen) atoms. The van der Waals surface area contributed by atoms with E-state index >= 15 is 0 Å². The number of carbonyl (C=O) groups is 1. The summed E-state index contributed by atoms with van der Waals surface area (Å²) in [5.74, 6) is 0.316. The van der Waals surface area contributed by atoms with Crippen LogP contribution in [0.3, 0.4) is 0 Å². The zero-order chi connectivity index (χ0) is 23.2. The van der Waals surface area contributed by atoms with Gasteiger partial charge in [-0.25, -0.2) is 9.07 Å². The molecule has 0 aliphatic carbocycles. The van der Waals surface area contributed by atoms with Crippen molar-refractivity contribution in [3.05, 3.63) is 77.4 Å². The van der Waals surface area contributed by atoms with Crippen LogP contribution in [0.1, 0.15) is 35.0 Å². The van der Waals surface area contributed by atoms with Crippen molar-refractivity contribution in [1.29, 1.82) is 0 Å². The molecular formula is C23H22FN5O2S2. The van der Waals surface area contributed by atoms with E-state index < -0.39 is 5.91 Å². The van der Waals surface area contributed by atoms with Crippen molar-refractivity contribution in [3.63, 3.8) is 0 Å². The van der Waals surface area contributed by atoms with Crippen LogP contribution in [0.5, 0.6) is 5.75 Å². The molecule has 2 aromatic heterocycles. The first-order valence-corrected chi connectivity index (χ1v) is 12.1. The molecule has 0 atom stereocenters. The van der Waals surface area contributed by atoms with Crippen molar-refractivity contribution in [3.8, 4) is 11.4 Å². The van der Waals surface area contributed by atoms with Gasteiger partial charge in [0.1, 0.15) is 5.82 Å². The second kappa shape index (κ2) is 10.6. The first-order valence-electron chi connectivity index (χ1n) is 10.3. The molecule has 1 N–H and O–H groups in total. The molecule has 0 spiro atoms. The van der Waals surface area contributed by atoms with Gasteiger partial charge in [0.05, 0.1) is 18.5 Å². The number of amides is 1. The number of benzene rings is 2. The molecule has 0 saturated carbocycles. The Balaban J connectivity index is 1.47. The van der Waals surface area contributed by atoms with E-state index in [9.17, 15) is 9.18 Å². The molecule has 0 radical (unpaired) electrons. The lowest BCUT2D eigenvalue weighted by Gasteiger charge is -2.03. The number of carbonyl (C=O) groups excluding carboxylic acids is 1. The molecule has 0 unspecified atom stereocenters. The van der Waals surface area contributed by atoms with E-state index in [0.717, 1.165) is 16.5 Å². The Bertz CT molecular complexity index is 1240. The number of ether oxygens (including phenoxy) is 1. The van der Waals surface area contributed by atoms with E-state index in [2.05, 4.69) is 39.7 Å². The summed E-state index contributed by atoms with van der Waals surface area (Å²) in [6.07, 6.45) is 2.39. The van der Waals surface area contributed by atoms with Gasteiger partial charge in [-0.15, -0.1) is 10.2 Å². The lowest BCUT2D eigenvalue weighted by atomic mass is 10.1. The van der Waals surface area contributed by atoms with Gasteiger partial charge in [0.15, 0.2) is 15.8 Å². The Morgan fingerprint density at radius 1 is 1.18 bits per heavy atom. The summed E-state index contributed by atoms with van der Waals surface area (Å²) in [7, 11) is 0. The number of hydrogen-bond acceptors (Lipinski definition) is 7. The number of halogens is 1. The summed E-state index contributed by atoms with van der Waals surface area (Å²) in [4.78, 5) is 12.9. The fourth-order valence-electron chi connectivity index (χ4n) is 2.95. The standard InChI is InChI=1S/C23H22FN5O2S2/c1-3-12-31-19-13-29(18-10-8-17(24)9-11-18)28-20(19)21(30)25-22-26-27-23(33-22)32-14-16-7-5-4-6-15(16)2/h4-11,13H,3,12,14H2,1-2H3,(H,25,26,30). The van der Waals surface area contributed by atoms with Crippen LogP contribution in [0.15, 0.2) is 59.1 Å². The lowest BCUT2D eigenvalue weighted by molar-refractivity contribution is 0.101. The van der Waals surface area contributed by atoms with Gasteiger partial charge < -0.3 is 4.74 Å². The van der Waals surface area contributed by atoms with E-state index in [1.807, 2.05) is 19.1 Å². The van der Waals surface area contributed by atoms with Crippen molar-refractivity contribution in [2.75, 3.05) is 11.9 Å². The topological polar surface area (TPSA) is 81.9 Å². The summed E-state index contributed by atoms with van der Waals surface area (Å²) in [5, 5.41) is 15.7. The molecule has 0 aliphatic heterocycles. The minimum absolute atomic E-state index is 0.122. The van der Waals surface area contributed by atoms with Gasteiger partial charge >= 0.3 is 0 Å². The summed E-state index contributed by atoms with van der Waals surface area (Å²) < 4.78 is 21.2. The Kier molecular flexibility index (Phi) is 7.36. The van der Waals surface area contributed by atoms with E-state index in [0.29, 0.717) is 23.2 Å². The molecule has 170 valence electrons. The highest BCUT2D eigenvalue weighted by Gasteiger charge is 2.21. The number of nitrogens with zero attached hydrogens (tertiary/aromatic N) is 4. The van der Waals surface area contributed by atoms with Crippen LogP contribution in [0.2, 0.25) is 0 Å². The van der Waals surface area contributed by atoms with Gasteiger partial charge in [-0.3, -0.25) is 10.1 Å². The number of rotatable bonds is 9. The Hall–Kier alpha value is -3.24. The predicted molar refractivity (Wildman–Crippen MR) is 128 cm³/mol. The van der Waals surface area contributed by atoms with Gasteiger partial charge in [-0.1, -0.05) is 54.3 Å². The van der Waals surface area contributed by atoms with Crippen molar-refractivity contribution < 1.29 is 13.9 Å². The molecule has 7 nitrogen and oxygen atoms in total. The summed E-state index contributed by atoms with van der Waals surface area (Å²) in [6.45, 7) is 4.49. The minimum Gasteiger partial charge on any atom is -0.489 e. The number of nitrogens with one attached hydrogen (secondary N) is 1. The average molecular weight is 484 g/mol. The highest BCUT2D eigenvalue weighted by Crippen LogP contribution is 2.30. The molecular weight excluding hydrogens is 461 g/mol. The fourth-order valence-corrected chi connectivity index (χ4v) is 4.77. The molecule has 0 saturated heterocycles. The summed E-state index contributed by atoms with van der Waals surface area (Å²) >= 11 is 2.87. The Morgan fingerprint density at radius 2 is 1.97 bits per heavy atom. The van der Waals surface area contributed by atoms with E-state index in [1.165, 1.54) is 39.3 Å². The molecule has 0 bridgehead atoms. The molecule has 2 heterocycles. The van der Waals surface area contributed by atoms with E-state index in [-0.39, 0.29) is 11.5 Å². The molecule has 4 aromatic rings. The second-order valence-corrected chi connectivity index (χ2v) is 9.35. The average Bonchev–Trinajstić information content (AvgIpc) is 3.44. The van der Waals surface area contributed by atoms with Gasteiger partial charge in [0.2, 0.25) is 5.13 Å². The molecule has 10 heteroatoms. The minimum atomic E-state index is -0.450. The largest absolute Gasteiger partial charge is 0.489 e. The van der Waals surface area contributed by atoms with E-state index in [1.54, 1.807) is 30.1 Å². The summed E-state index contributed by atoms with van der Waals surface area (Å²) in [5.41, 5.74) is 3.19. The Morgan fingerprint density at radius 3 is 2.73 bits per heavy atom. The van der Waals surface area contributed by atoms with Gasteiger partial charge in [-0.2, -0.15) is 5.10 Å². The second-order valence-electron chi connectivity index (χ2n) is 7.15. The first kappa shape index (κ1) is 22.9. The third-order valence-corrected chi connectivity index (χ3v) is 6.71. The number of thioether (sulfide) groups is 1. The van der Waals surface area contributed by atoms with E-state index in [4.69, 9.17) is 4.74 Å². The van der Waals surface area contributed by atoms with Crippen LogP contribution in [-0.2, 0) is 5.75 Å². The SMILES string of the molecule is CCCOc1cn(-c2ccc(F)cc2)nc1C(=O)Nc1nnc(SCc2ccccc2C)s1. The smallest absolute Gasteiger partial charge is 0.281 e. The van der Waals surface area contributed by atoms with Gasteiger partial charge in [0, 0.05) is 5.75 Å². The number of hydrogen-bond donors (Lipinski definition) is 1. The maximum Gasteiger partial charge on any atom is 0.281 e. The molecule has 1 amide bonds. The van der Waals surface area contributed by atoms with Crippen LogP contribution < -0.4 is 10.1 Å². The van der Waals surface area contributed by atoms with Crippen LogP contribution in [0.25, 0.3) is 5.69 Å². The van der Waals surface area contributed by atoms with Crippen LogP contribution >= 0.6 is 23.1 Å². The third kappa shape index (κ3) is 5.77. The quantitative estimate of drug-likeness (QED) is 0.250. The summed E-state index contributed by atoms with van der Waals surface area (Å²) in [6, 6.07) is 14.0. The number of aromatic nitrogens is 4. The van der Waals surface area contributed by atoms with Crippen LogP contribution in [0.4, 0.5) is 9.52 Å². The number of anilines is 1. The molecule has 0 fully saturated rings. The van der Waals surface area contributed by atoms with Crippen molar-refractivity contribution >= 4 is 34.1 Å².